The fourth-order valence-electron chi connectivity index (χ4n) is 1.80. The predicted molar refractivity (Wildman–Crippen MR) is 84.6 cm³/mol. The van der Waals surface area contributed by atoms with Crippen molar-refractivity contribution in [1.29, 1.82) is 0 Å². The molecular formula is C15H21ClN2O2. The van der Waals surface area contributed by atoms with Gasteiger partial charge in [0.15, 0.2) is 0 Å². The standard InChI is InChI=1S/C15H21ClN2O2/c1-17(2)9-4-10-18(3)13-7-5-12(14(16)11-13)6-8-15(19)20/h5-8,11H,4,9-10H2,1-3H3,(H,19,20)/b8-6+. The minimum Gasteiger partial charge on any atom is -0.478 e. The fraction of sp³-hybridized carbons (Fsp3) is 0.400. The predicted octanol–water partition coefficient (Wildman–Crippen LogP) is 2.83. The fourth-order valence-corrected chi connectivity index (χ4v) is 2.04. The van der Waals surface area contributed by atoms with Crippen molar-refractivity contribution in [1.82, 2.24) is 4.90 Å². The van der Waals surface area contributed by atoms with Gasteiger partial charge in [-0.1, -0.05) is 17.7 Å². The number of carboxylic acids is 1. The topological polar surface area (TPSA) is 43.8 Å². The molecule has 0 amide bonds. The van der Waals surface area contributed by atoms with Crippen LogP contribution in [0.3, 0.4) is 0 Å². The Hall–Kier alpha value is -1.52. The van der Waals surface area contributed by atoms with Crippen molar-refractivity contribution in [2.24, 2.45) is 0 Å². The van der Waals surface area contributed by atoms with Crippen LogP contribution in [0.1, 0.15) is 12.0 Å². The van der Waals surface area contributed by atoms with Gasteiger partial charge in [0, 0.05) is 30.4 Å². The van der Waals surface area contributed by atoms with Crippen molar-refractivity contribution < 1.29 is 9.90 Å². The molecule has 0 aromatic heterocycles. The lowest BCUT2D eigenvalue weighted by atomic mass is 10.1. The Morgan fingerprint density at radius 2 is 2.00 bits per heavy atom. The van der Waals surface area contributed by atoms with Crippen LogP contribution in [0.25, 0.3) is 6.08 Å². The van der Waals surface area contributed by atoms with E-state index in [9.17, 15) is 4.79 Å². The second kappa shape index (κ2) is 7.92. The Kier molecular flexibility index (Phi) is 6.55. The van der Waals surface area contributed by atoms with Gasteiger partial charge < -0.3 is 14.9 Å². The van der Waals surface area contributed by atoms with E-state index in [2.05, 4.69) is 23.9 Å². The van der Waals surface area contributed by atoms with Crippen molar-refractivity contribution in [3.63, 3.8) is 0 Å². The summed E-state index contributed by atoms with van der Waals surface area (Å²) >= 11 is 6.16. The van der Waals surface area contributed by atoms with Crippen LogP contribution in [0, 0.1) is 0 Å². The maximum atomic E-state index is 10.5. The molecule has 1 N–H and O–H groups in total. The highest BCUT2D eigenvalue weighted by atomic mass is 35.5. The molecule has 110 valence electrons. The van der Waals surface area contributed by atoms with Gasteiger partial charge in [0.25, 0.3) is 0 Å². The first-order chi connectivity index (χ1) is 9.40. The van der Waals surface area contributed by atoms with Gasteiger partial charge in [-0.05, 0) is 50.8 Å². The van der Waals surface area contributed by atoms with Crippen molar-refractivity contribution in [3.05, 3.63) is 34.9 Å². The van der Waals surface area contributed by atoms with Crippen LogP contribution in [-0.4, -0.2) is 50.2 Å². The van der Waals surface area contributed by atoms with E-state index in [0.717, 1.165) is 31.3 Å². The van der Waals surface area contributed by atoms with E-state index in [4.69, 9.17) is 16.7 Å². The van der Waals surface area contributed by atoms with Crippen molar-refractivity contribution in [2.75, 3.05) is 39.1 Å². The smallest absolute Gasteiger partial charge is 0.328 e. The van der Waals surface area contributed by atoms with Crippen LogP contribution in [0.4, 0.5) is 5.69 Å². The maximum Gasteiger partial charge on any atom is 0.328 e. The van der Waals surface area contributed by atoms with E-state index in [0.29, 0.717) is 10.6 Å². The number of hydrogen-bond donors (Lipinski definition) is 1. The van der Waals surface area contributed by atoms with E-state index in [1.165, 1.54) is 6.08 Å². The molecule has 1 aromatic carbocycles. The Morgan fingerprint density at radius 3 is 2.55 bits per heavy atom. The lowest BCUT2D eigenvalue weighted by molar-refractivity contribution is -0.131. The summed E-state index contributed by atoms with van der Waals surface area (Å²) in [6.07, 6.45) is 3.66. The van der Waals surface area contributed by atoms with Crippen LogP contribution in [-0.2, 0) is 4.79 Å². The molecule has 0 atom stereocenters. The molecule has 0 unspecified atom stereocenters. The number of nitrogens with zero attached hydrogens (tertiary/aromatic N) is 2. The van der Waals surface area contributed by atoms with Crippen molar-refractivity contribution in [2.45, 2.75) is 6.42 Å². The van der Waals surface area contributed by atoms with Crippen LogP contribution >= 0.6 is 11.6 Å². The van der Waals surface area contributed by atoms with Crippen LogP contribution < -0.4 is 4.90 Å². The summed E-state index contributed by atoms with van der Waals surface area (Å²) in [4.78, 5) is 14.8. The molecule has 0 aliphatic rings. The molecule has 1 rings (SSSR count). The summed E-state index contributed by atoms with van der Waals surface area (Å²) in [5, 5.41) is 9.16. The first-order valence-corrected chi connectivity index (χ1v) is 6.84. The second-order valence-electron chi connectivity index (χ2n) is 4.96. The molecule has 0 aliphatic carbocycles. The number of anilines is 1. The number of aliphatic carboxylic acids is 1. The molecule has 0 aliphatic heterocycles. The first-order valence-electron chi connectivity index (χ1n) is 6.46. The Morgan fingerprint density at radius 1 is 1.30 bits per heavy atom. The third kappa shape index (κ3) is 5.63. The lowest BCUT2D eigenvalue weighted by Gasteiger charge is -2.21. The average Bonchev–Trinajstić information content (AvgIpc) is 2.36. The summed E-state index contributed by atoms with van der Waals surface area (Å²) in [6, 6.07) is 5.64. The average molecular weight is 297 g/mol. The molecule has 20 heavy (non-hydrogen) atoms. The summed E-state index contributed by atoms with van der Waals surface area (Å²) in [7, 11) is 6.13. The zero-order valence-electron chi connectivity index (χ0n) is 12.1. The number of benzene rings is 1. The number of rotatable bonds is 7. The van der Waals surface area contributed by atoms with Crippen LogP contribution in [0.15, 0.2) is 24.3 Å². The summed E-state index contributed by atoms with van der Waals surface area (Å²) < 4.78 is 0. The van der Waals surface area contributed by atoms with Crippen LogP contribution in [0.2, 0.25) is 5.02 Å². The summed E-state index contributed by atoms with van der Waals surface area (Å²) in [6.45, 7) is 1.98. The molecule has 4 nitrogen and oxygen atoms in total. The largest absolute Gasteiger partial charge is 0.478 e. The van der Waals surface area contributed by atoms with E-state index < -0.39 is 5.97 Å². The van der Waals surface area contributed by atoms with E-state index >= 15 is 0 Å². The molecule has 0 saturated heterocycles. The highest BCUT2D eigenvalue weighted by Gasteiger charge is 2.04. The van der Waals surface area contributed by atoms with Gasteiger partial charge in [-0.15, -0.1) is 0 Å². The van der Waals surface area contributed by atoms with E-state index in [-0.39, 0.29) is 0 Å². The van der Waals surface area contributed by atoms with Gasteiger partial charge in [-0.25, -0.2) is 4.79 Å². The normalized spacial score (nSPS) is 11.2. The van der Waals surface area contributed by atoms with Gasteiger partial charge in [-0.2, -0.15) is 0 Å². The highest BCUT2D eigenvalue weighted by molar-refractivity contribution is 6.32. The summed E-state index contributed by atoms with van der Waals surface area (Å²) in [5.41, 5.74) is 1.74. The van der Waals surface area contributed by atoms with Crippen molar-refractivity contribution in [3.8, 4) is 0 Å². The van der Waals surface area contributed by atoms with Gasteiger partial charge in [-0.3, -0.25) is 0 Å². The zero-order valence-corrected chi connectivity index (χ0v) is 12.9. The number of halogens is 1. The molecule has 0 fully saturated rings. The summed E-state index contributed by atoms with van der Waals surface area (Å²) in [5.74, 6) is -0.981. The molecule has 0 saturated carbocycles. The minimum atomic E-state index is -0.981. The molecule has 1 aromatic rings. The molecule has 0 spiro atoms. The quantitative estimate of drug-likeness (QED) is 0.786. The highest BCUT2D eigenvalue weighted by Crippen LogP contribution is 2.24. The molecule has 0 heterocycles. The first kappa shape index (κ1) is 16.5. The third-order valence-corrected chi connectivity index (χ3v) is 3.26. The van der Waals surface area contributed by atoms with E-state index in [1.54, 1.807) is 0 Å². The molecule has 5 heteroatoms. The molecule has 0 radical (unpaired) electrons. The molecular weight excluding hydrogens is 276 g/mol. The number of hydrogen-bond acceptors (Lipinski definition) is 3. The third-order valence-electron chi connectivity index (χ3n) is 2.93. The number of carbonyl (C=O) groups is 1. The Labute approximate surface area is 125 Å². The van der Waals surface area contributed by atoms with Gasteiger partial charge >= 0.3 is 5.97 Å². The Bertz CT molecular complexity index is 487. The zero-order chi connectivity index (χ0) is 15.1. The minimum absolute atomic E-state index is 0.555. The number of carboxylic acid groups (broad SMARTS) is 1. The van der Waals surface area contributed by atoms with Gasteiger partial charge in [0.05, 0.1) is 0 Å². The molecule has 0 bridgehead atoms. The maximum absolute atomic E-state index is 10.5. The SMILES string of the molecule is CN(C)CCCN(C)c1ccc(/C=C/C(=O)O)c(Cl)c1. The van der Waals surface area contributed by atoms with Gasteiger partial charge in [0.1, 0.15) is 0 Å². The van der Waals surface area contributed by atoms with Gasteiger partial charge in [0.2, 0.25) is 0 Å². The van der Waals surface area contributed by atoms with E-state index in [1.807, 2.05) is 25.2 Å². The van der Waals surface area contributed by atoms with Crippen LogP contribution in [0.5, 0.6) is 0 Å². The van der Waals surface area contributed by atoms with Crippen molar-refractivity contribution >= 4 is 29.3 Å². The second-order valence-corrected chi connectivity index (χ2v) is 5.36. The Balaban J connectivity index is 2.68. The lowest BCUT2D eigenvalue weighted by Crippen LogP contribution is -2.23. The monoisotopic (exact) mass is 296 g/mol.